The van der Waals surface area contributed by atoms with Crippen LogP contribution in [0.2, 0.25) is 0 Å². The monoisotopic (exact) mass is 347 g/mol. The van der Waals surface area contributed by atoms with E-state index in [0.29, 0.717) is 0 Å². The van der Waals surface area contributed by atoms with Gasteiger partial charge < -0.3 is 10.1 Å². The van der Waals surface area contributed by atoms with Crippen LogP contribution in [0, 0.1) is 13.8 Å². The van der Waals surface area contributed by atoms with Crippen LogP contribution in [0.25, 0.3) is 0 Å². The number of nitrogens with one attached hydrogen (secondary N) is 1. The zero-order valence-corrected chi connectivity index (χ0v) is 14.6. The largest absolute Gasteiger partial charge is 0.496 e. The third kappa shape index (κ3) is 3.66. The van der Waals surface area contributed by atoms with Crippen LogP contribution in [0.5, 0.6) is 5.75 Å². The minimum Gasteiger partial charge on any atom is -0.496 e. The number of halogens is 1. The summed E-state index contributed by atoms with van der Waals surface area (Å²) < 4.78 is 6.30. The van der Waals surface area contributed by atoms with E-state index in [4.69, 9.17) is 4.74 Å². The molecule has 112 valence electrons. The predicted octanol–water partition coefficient (Wildman–Crippen LogP) is 4.77. The number of hydrogen-bond acceptors (Lipinski definition) is 2. The fourth-order valence-electron chi connectivity index (χ4n) is 2.54. The molecule has 0 bridgehead atoms. The van der Waals surface area contributed by atoms with Crippen molar-refractivity contribution in [3.8, 4) is 5.75 Å². The van der Waals surface area contributed by atoms with Crippen molar-refractivity contribution in [1.82, 2.24) is 5.32 Å². The fourth-order valence-corrected chi connectivity index (χ4v) is 3.10. The van der Waals surface area contributed by atoms with Crippen molar-refractivity contribution in [3.63, 3.8) is 0 Å². The van der Waals surface area contributed by atoms with Gasteiger partial charge in [0.25, 0.3) is 0 Å². The Balaban J connectivity index is 2.48. The lowest BCUT2D eigenvalue weighted by Gasteiger charge is -2.22. The number of rotatable bonds is 5. The second-order valence-electron chi connectivity index (χ2n) is 5.24. The summed E-state index contributed by atoms with van der Waals surface area (Å²) in [6.45, 7) is 7.35. The first-order chi connectivity index (χ1) is 10.1. The van der Waals surface area contributed by atoms with Crippen LogP contribution >= 0.6 is 15.9 Å². The highest BCUT2D eigenvalue weighted by Gasteiger charge is 2.16. The maximum absolute atomic E-state index is 5.32. The molecule has 2 nitrogen and oxygen atoms in total. The molecule has 21 heavy (non-hydrogen) atoms. The number of benzene rings is 2. The van der Waals surface area contributed by atoms with Gasteiger partial charge in [-0.2, -0.15) is 0 Å². The summed E-state index contributed by atoms with van der Waals surface area (Å²) in [4.78, 5) is 0. The van der Waals surface area contributed by atoms with E-state index in [1.165, 1.54) is 22.3 Å². The van der Waals surface area contributed by atoms with E-state index < -0.39 is 0 Å². The molecule has 0 amide bonds. The maximum Gasteiger partial charge on any atom is 0.133 e. The van der Waals surface area contributed by atoms with Gasteiger partial charge in [-0.25, -0.2) is 0 Å². The van der Waals surface area contributed by atoms with Gasteiger partial charge in [0.15, 0.2) is 0 Å². The Morgan fingerprint density at radius 1 is 1.14 bits per heavy atom. The van der Waals surface area contributed by atoms with Crippen molar-refractivity contribution in [2.75, 3.05) is 13.7 Å². The van der Waals surface area contributed by atoms with Crippen LogP contribution in [-0.4, -0.2) is 13.7 Å². The molecule has 0 saturated heterocycles. The maximum atomic E-state index is 5.32. The average molecular weight is 348 g/mol. The van der Waals surface area contributed by atoms with Gasteiger partial charge in [-0.3, -0.25) is 0 Å². The lowest BCUT2D eigenvalue weighted by atomic mass is 9.93. The van der Waals surface area contributed by atoms with Gasteiger partial charge in [-0.1, -0.05) is 36.8 Å². The second-order valence-corrected chi connectivity index (χ2v) is 6.10. The fraction of sp³-hybridized carbons (Fsp3) is 0.333. The molecule has 2 aromatic rings. The van der Waals surface area contributed by atoms with Crippen LogP contribution in [0.4, 0.5) is 0 Å². The van der Waals surface area contributed by atoms with Gasteiger partial charge in [0.05, 0.1) is 17.6 Å². The van der Waals surface area contributed by atoms with Crippen LogP contribution < -0.4 is 10.1 Å². The molecule has 0 aliphatic carbocycles. The Kier molecular flexibility index (Phi) is 5.43. The first-order valence-electron chi connectivity index (χ1n) is 7.20. The highest BCUT2D eigenvalue weighted by atomic mass is 79.9. The zero-order valence-electron chi connectivity index (χ0n) is 13.0. The van der Waals surface area contributed by atoms with Crippen molar-refractivity contribution in [1.29, 1.82) is 0 Å². The number of methoxy groups -OCH3 is 1. The standard InChI is InChI=1S/C18H22BrNO/c1-5-20-18(15-10-12(2)6-7-13(15)3)14-8-9-17(21-4)16(19)11-14/h6-11,18,20H,5H2,1-4H3. The first kappa shape index (κ1) is 16.1. The summed E-state index contributed by atoms with van der Waals surface area (Å²) in [5.74, 6) is 0.856. The van der Waals surface area contributed by atoms with Gasteiger partial charge in [-0.05, 0) is 65.1 Å². The van der Waals surface area contributed by atoms with Crippen LogP contribution in [0.15, 0.2) is 40.9 Å². The molecule has 1 unspecified atom stereocenters. The highest BCUT2D eigenvalue weighted by Crippen LogP contribution is 2.32. The Labute approximate surface area is 135 Å². The van der Waals surface area contributed by atoms with Crippen LogP contribution in [0.1, 0.15) is 35.2 Å². The zero-order chi connectivity index (χ0) is 15.4. The summed E-state index contributed by atoms with van der Waals surface area (Å²) >= 11 is 3.58. The van der Waals surface area contributed by atoms with E-state index in [1.54, 1.807) is 7.11 Å². The lowest BCUT2D eigenvalue weighted by molar-refractivity contribution is 0.412. The quantitative estimate of drug-likeness (QED) is 0.840. The molecule has 0 radical (unpaired) electrons. The molecule has 1 N–H and O–H groups in total. The summed E-state index contributed by atoms with van der Waals surface area (Å²) in [5, 5.41) is 3.59. The minimum atomic E-state index is 0.192. The smallest absolute Gasteiger partial charge is 0.133 e. The Hall–Kier alpha value is -1.32. The normalized spacial score (nSPS) is 12.2. The Bertz CT molecular complexity index is 625. The topological polar surface area (TPSA) is 21.3 Å². The van der Waals surface area contributed by atoms with Gasteiger partial charge in [0, 0.05) is 0 Å². The van der Waals surface area contributed by atoms with Gasteiger partial charge >= 0.3 is 0 Å². The third-order valence-electron chi connectivity index (χ3n) is 3.66. The summed E-state index contributed by atoms with van der Waals surface area (Å²) in [5.41, 5.74) is 5.15. The van der Waals surface area contributed by atoms with Gasteiger partial charge in [-0.15, -0.1) is 0 Å². The van der Waals surface area contributed by atoms with E-state index >= 15 is 0 Å². The summed E-state index contributed by atoms with van der Waals surface area (Å²) in [6, 6.07) is 13.1. The van der Waals surface area contributed by atoms with E-state index in [-0.39, 0.29) is 6.04 Å². The second kappa shape index (κ2) is 7.10. The van der Waals surface area contributed by atoms with Crippen molar-refractivity contribution < 1.29 is 4.74 Å². The van der Waals surface area contributed by atoms with E-state index in [0.717, 1.165) is 16.8 Å². The minimum absolute atomic E-state index is 0.192. The summed E-state index contributed by atoms with van der Waals surface area (Å²) in [7, 11) is 1.69. The van der Waals surface area contributed by atoms with E-state index in [1.807, 2.05) is 6.07 Å². The molecule has 0 aliphatic heterocycles. The predicted molar refractivity (Wildman–Crippen MR) is 92.1 cm³/mol. The van der Waals surface area contributed by atoms with E-state index in [9.17, 15) is 0 Å². The molecule has 0 saturated carbocycles. The third-order valence-corrected chi connectivity index (χ3v) is 4.28. The highest BCUT2D eigenvalue weighted by molar-refractivity contribution is 9.10. The first-order valence-corrected chi connectivity index (χ1v) is 8.00. The van der Waals surface area contributed by atoms with Crippen molar-refractivity contribution in [2.24, 2.45) is 0 Å². The molecule has 0 fully saturated rings. The Morgan fingerprint density at radius 2 is 1.90 bits per heavy atom. The lowest BCUT2D eigenvalue weighted by Crippen LogP contribution is -2.23. The molecule has 2 rings (SSSR count). The molecule has 0 aliphatic rings. The van der Waals surface area contributed by atoms with Crippen LogP contribution in [-0.2, 0) is 0 Å². The Morgan fingerprint density at radius 3 is 2.52 bits per heavy atom. The van der Waals surface area contributed by atoms with Crippen molar-refractivity contribution >= 4 is 15.9 Å². The molecule has 2 aromatic carbocycles. The van der Waals surface area contributed by atoms with Crippen molar-refractivity contribution in [2.45, 2.75) is 26.8 Å². The molecular weight excluding hydrogens is 326 g/mol. The molecule has 0 aromatic heterocycles. The molecule has 0 spiro atoms. The SMILES string of the molecule is CCNC(c1ccc(OC)c(Br)c1)c1cc(C)ccc1C. The van der Waals surface area contributed by atoms with Crippen molar-refractivity contribution in [3.05, 3.63) is 63.1 Å². The average Bonchev–Trinajstić information content (AvgIpc) is 2.47. The number of ether oxygens (including phenoxy) is 1. The number of hydrogen-bond donors (Lipinski definition) is 1. The molecule has 1 atom stereocenters. The van der Waals surface area contributed by atoms with Gasteiger partial charge in [0.1, 0.15) is 5.75 Å². The summed E-state index contributed by atoms with van der Waals surface area (Å²) in [6.07, 6.45) is 0. The molecule has 0 heterocycles. The molecule has 3 heteroatoms. The van der Waals surface area contributed by atoms with Crippen LogP contribution in [0.3, 0.4) is 0 Å². The van der Waals surface area contributed by atoms with Gasteiger partial charge in [0.2, 0.25) is 0 Å². The number of aryl methyl sites for hydroxylation is 2. The molecular formula is C18H22BrNO. The van der Waals surface area contributed by atoms with E-state index in [2.05, 4.69) is 72.3 Å².